The molecule has 3 amide bonds. The fraction of sp³-hybridized carbons (Fsp3) is 0.381. The standard InChI is InChI=1S/C21H21F3N4O4S/c1-26(2)12-15-11-25-10-7-14(15)13-27-19(30)28(18(29)20(27)8-9-20)16-3-5-17(6-4-16)33(31,32)21(22,23)24/h3-7,10-11H,8-9,12-13H2,1-2H3. The summed E-state index contributed by atoms with van der Waals surface area (Å²) >= 11 is 0. The number of carbonyl (C=O) groups excluding carboxylic acids is 2. The molecule has 12 heteroatoms. The van der Waals surface area contributed by atoms with Gasteiger partial charge in [0.15, 0.2) is 0 Å². The quantitative estimate of drug-likeness (QED) is 0.588. The molecule has 1 aliphatic carbocycles. The first-order valence-electron chi connectivity index (χ1n) is 10.0. The number of pyridine rings is 1. The summed E-state index contributed by atoms with van der Waals surface area (Å²) in [6.45, 7) is 0.762. The maximum Gasteiger partial charge on any atom is 0.501 e. The zero-order valence-electron chi connectivity index (χ0n) is 17.8. The van der Waals surface area contributed by atoms with Gasteiger partial charge in [-0.25, -0.2) is 18.1 Å². The fourth-order valence-corrected chi connectivity index (χ4v) is 4.70. The zero-order valence-corrected chi connectivity index (χ0v) is 18.7. The summed E-state index contributed by atoms with van der Waals surface area (Å²) in [5.74, 6) is -0.470. The molecular weight excluding hydrogens is 461 g/mol. The van der Waals surface area contributed by atoms with Crippen LogP contribution < -0.4 is 4.90 Å². The highest BCUT2D eigenvalue weighted by Crippen LogP contribution is 2.50. The number of nitrogens with zero attached hydrogens (tertiary/aromatic N) is 4. The number of carbonyl (C=O) groups is 2. The predicted octanol–water partition coefficient (Wildman–Crippen LogP) is 2.94. The topological polar surface area (TPSA) is 90.9 Å². The van der Waals surface area contributed by atoms with Crippen molar-refractivity contribution in [1.29, 1.82) is 0 Å². The van der Waals surface area contributed by atoms with Gasteiger partial charge in [-0.3, -0.25) is 9.78 Å². The molecule has 2 fully saturated rings. The van der Waals surface area contributed by atoms with E-state index in [0.29, 0.717) is 19.4 Å². The van der Waals surface area contributed by atoms with E-state index in [-0.39, 0.29) is 12.2 Å². The van der Waals surface area contributed by atoms with Crippen LogP contribution in [0.25, 0.3) is 0 Å². The average molecular weight is 482 g/mol. The van der Waals surface area contributed by atoms with Crippen LogP contribution in [0.1, 0.15) is 24.0 Å². The number of hydrogen-bond donors (Lipinski definition) is 0. The SMILES string of the molecule is CN(C)Cc1cnccc1CN1C(=O)N(c2ccc(S(=O)(=O)C(F)(F)F)cc2)C(=O)C12CC2. The van der Waals surface area contributed by atoms with Gasteiger partial charge in [-0.2, -0.15) is 13.2 Å². The van der Waals surface area contributed by atoms with Crippen LogP contribution in [0.15, 0.2) is 47.6 Å². The summed E-state index contributed by atoms with van der Waals surface area (Å²) in [6, 6.07) is 4.76. The van der Waals surface area contributed by atoms with Gasteiger partial charge < -0.3 is 9.80 Å². The Morgan fingerprint density at radius 3 is 2.24 bits per heavy atom. The Balaban J connectivity index is 1.63. The van der Waals surface area contributed by atoms with Crippen LogP contribution >= 0.6 is 0 Å². The van der Waals surface area contributed by atoms with Gasteiger partial charge in [0.05, 0.1) is 10.6 Å². The average Bonchev–Trinajstić information content (AvgIpc) is 3.50. The van der Waals surface area contributed by atoms with E-state index >= 15 is 0 Å². The molecule has 176 valence electrons. The van der Waals surface area contributed by atoms with E-state index in [0.717, 1.165) is 40.3 Å². The smallest absolute Gasteiger partial charge is 0.305 e. The van der Waals surface area contributed by atoms with Crippen LogP contribution in [0, 0.1) is 0 Å². The number of imide groups is 1. The van der Waals surface area contributed by atoms with E-state index in [1.54, 1.807) is 18.5 Å². The molecule has 8 nitrogen and oxygen atoms in total. The normalized spacial score (nSPS) is 18.0. The molecule has 1 saturated heterocycles. The molecule has 0 bridgehead atoms. The van der Waals surface area contributed by atoms with Crippen molar-refractivity contribution < 1.29 is 31.2 Å². The molecule has 0 unspecified atom stereocenters. The minimum atomic E-state index is -5.53. The monoisotopic (exact) mass is 482 g/mol. The molecule has 33 heavy (non-hydrogen) atoms. The van der Waals surface area contributed by atoms with E-state index < -0.39 is 37.7 Å². The number of amides is 3. The molecule has 0 atom stereocenters. The molecule has 1 aromatic heterocycles. The molecule has 4 rings (SSSR count). The third-order valence-corrected chi connectivity index (χ3v) is 7.30. The molecule has 1 aromatic carbocycles. The molecule has 0 N–H and O–H groups in total. The highest BCUT2D eigenvalue weighted by atomic mass is 32.2. The molecule has 2 heterocycles. The Labute approximate surface area is 188 Å². The third kappa shape index (κ3) is 3.86. The second-order valence-electron chi connectivity index (χ2n) is 8.37. The molecule has 2 aromatic rings. The highest BCUT2D eigenvalue weighted by molar-refractivity contribution is 7.92. The van der Waals surface area contributed by atoms with E-state index in [2.05, 4.69) is 4.98 Å². The van der Waals surface area contributed by atoms with Gasteiger partial charge in [0.25, 0.3) is 15.7 Å². The molecular formula is C21H21F3N4O4S. The van der Waals surface area contributed by atoms with E-state index in [1.807, 2.05) is 19.0 Å². The molecule has 1 saturated carbocycles. The molecule has 0 radical (unpaired) electrons. The second-order valence-corrected chi connectivity index (χ2v) is 10.3. The summed E-state index contributed by atoms with van der Waals surface area (Å²) in [5.41, 5.74) is -4.69. The van der Waals surface area contributed by atoms with Gasteiger partial charge in [-0.1, -0.05) is 0 Å². The van der Waals surface area contributed by atoms with E-state index in [1.165, 1.54) is 4.90 Å². The lowest BCUT2D eigenvalue weighted by Crippen LogP contribution is -2.37. The highest BCUT2D eigenvalue weighted by Gasteiger charge is 2.65. The summed E-state index contributed by atoms with van der Waals surface area (Å²) in [4.78, 5) is 33.9. The molecule has 1 spiro atoms. The van der Waals surface area contributed by atoms with Crippen LogP contribution in [0.4, 0.5) is 23.7 Å². The third-order valence-electron chi connectivity index (χ3n) is 5.79. The predicted molar refractivity (Wildman–Crippen MR) is 112 cm³/mol. The van der Waals surface area contributed by atoms with Crippen molar-refractivity contribution in [3.05, 3.63) is 53.9 Å². The van der Waals surface area contributed by atoms with Gasteiger partial charge in [-0.05, 0) is 68.4 Å². The number of benzene rings is 1. The van der Waals surface area contributed by atoms with Gasteiger partial charge in [-0.15, -0.1) is 0 Å². The summed E-state index contributed by atoms with van der Waals surface area (Å²) in [7, 11) is -1.74. The summed E-state index contributed by atoms with van der Waals surface area (Å²) < 4.78 is 61.6. The minimum absolute atomic E-state index is 0.0168. The van der Waals surface area contributed by atoms with Crippen LogP contribution in [-0.2, 0) is 27.7 Å². The lowest BCUT2D eigenvalue weighted by molar-refractivity contribution is -0.120. The van der Waals surface area contributed by atoms with Crippen molar-refractivity contribution in [2.75, 3.05) is 19.0 Å². The van der Waals surface area contributed by atoms with Crippen LogP contribution in [-0.4, -0.2) is 60.3 Å². The van der Waals surface area contributed by atoms with Crippen LogP contribution in [0.3, 0.4) is 0 Å². The Morgan fingerprint density at radius 2 is 1.70 bits per heavy atom. The Bertz CT molecular complexity index is 1210. The Morgan fingerprint density at radius 1 is 1.06 bits per heavy atom. The van der Waals surface area contributed by atoms with Gasteiger partial charge in [0.2, 0.25) is 0 Å². The molecule has 1 aliphatic heterocycles. The van der Waals surface area contributed by atoms with Gasteiger partial charge in [0, 0.05) is 25.5 Å². The summed E-state index contributed by atoms with van der Waals surface area (Å²) in [5, 5.41) is 0. The van der Waals surface area contributed by atoms with Gasteiger partial charge in [0.1, 0.15) is 5.54 Å². The van der Waals surface area contributed by atoms with Crippen molar-refractivity contribution in [1.82, 2.24) is 14.8 Å². The van der Waals surface area contributed by atoms with Crippen molar-refractivity contribution in [3.63, 3.8) is 0 Å². The number of rotatable bonds is 6. The molecule has 2 aliphatic rings. The maximum absolute atomic E-state index is 13.3. The van der Waals surface area contributed by atoms with Crippen LogP contribution in [0.5, 0.6) is 0 Å². The first kappa shape index (κ1) is 23.2. The summed E-state index contributed by atoms with van der Waals surface area (Å²) in [6.07, 6.45) is 4.26. The van der Waals surface area contributed by atoms with Crippen molar-refractivity contribution in [2.45, 2.75) is 41.9 Å². The lowest BCUT2D eigenvalue weighted by Gasteiger charge is -2.23. The van der Waals surface area contributed by atoms with E-state index in [9.17, 15) is 31.2 Å². The van der Waals surface area contributed by atoms with Crippen LogP contribution in [0.2, 0.25) is 0 Å². The van der Waals surface area contributed by atoms with Gasteiger partial charge >= 0.3 is 11.5 Å². The number of anilines is 1. The fourth-order valence-electron chi connectivity index (χ4n) is 3.93. The second kappa shape index (κ2) is 7.80. The number of sulfone groups is 1. The first-order chi connectivity index (χ1) is 15.4. The van der Waals surface area contributed by atoms with Crippen molar-refractivity contribution in [2.24, 2.45) is 0 Å². The zero-order chi connectivity index (χ0) is 24.2. The lowest BCUT2D eigenvalue weighted by atomic mass is 10.1. The minimum Gasteiger partial charge on any atom is -0.305 e. The van der Waals surface area contributed by atoms with E-state index in [4.69, 9.17) is 0 Å². The van der Waals surface area contributed by atoms with Crippen molar-refractivity contribution >= 4 is 27.5 Å². The largest absolute Gasteiger partial charge is 0.501 e. The Hall–Kier alpha value is -2.99. The number of halogens is 3. The number of aromatic nitrogens is 1. The Kier molecular flexibility index (Phi) is 5.48. The number of urea groups is 1. The maximum atomic E-state index is 13.3. The number of hydrogen-bond acceptors (Lipinski definition) is 6. The van der Waals surface area contributed by atoms with Crippen molar-refractivity contribution in [3.8, 4) is 0 Å². The number of alkyl halides is 3. The first-order valence-corrected chi connectivity index (χ1v) is 11.5.